The zero-order chi connectivity index (χ0) is 9.73. The average molecular weight is 177 g/mol. The summed E-state index contributed by atoms with van der Waals surface area (Å²) in [5.41, 5.74) is 1.31. The average Bonchev–Trinajstić information content (AvgIpc) is 2.19. The maximum Gasteiger partial charge on any atom is 0.235 e. The number of amides is 1. The summed E-state index contributed by atoms with van der Waals surface area (Å²) in [6, 6.07) is 2.13. The molecule has 0 heterocycles. The molecule has 0 aliphatic heterocycles. The van der Waals surface area contributed by atoms with Crippen molar-refractivity contribution >= 4 is 5.91 Å². The number of allylic oxidation sites excluding steroid dienone is 4. The first-order valence-corrected chi connectivity index (χ1v) is 3.97. The second-order valence-corrected chi connectivity index (χ2v) is 3.00. The predicted molar refractivity (Wildman–Crippen MR) is 47.9 cm³/mol. The molecule has 1 aliphatic carbocycles. The van der Waals surface area contributed by atoms with Crippen LogP contribution in [0.15, 0.2) is 24.3 Å². The Kier molecular flexibility index (Phi) is 2.83. The van der Waals surface area contributed by atoms with Crippen LogP contribution in [-0.2, 0) is 4.79 Å². The van der Waals surface area contributed by atoms with Gasteiger partial charge >= 0.3 is 0 Å². The van der Waals surface area contributed by atoms with Gasteiger partial charge in [0.25, 0.3) is 0 Å². The largest absolute Gasteiger partial charge is 0.294 e. The summed E-state index contributed by atoms with van der Waals surface area (Å²) in [6.07, 6.45) is 7.91. The molecule has 4 heteroatoms. The fourth-order valence-electron chi connectivity index (χ4n) is 1.26. The van der Waals surface area contributed by atoms with Crippen LogP contribution in [-0.4, -0.2) is 5.91 Å². The van der Waals surface area contributed by atoms with Crippen molar-refractivity contribution in [3.05, 3.63) is 24.3 Å². The molecule has 0 aromatic heterocycles. The normalized spacial score (nSPS) is 25.2. The standard InChI is InChI=1S/C9H11N3O/c10-7-9(6-8(13)12-11)4-2-1-3-5-9/h1-4H,5-6,11H2,(H,12,13). The molecule has 3 N–H and O–H groups in total. The molecule has 4 nitrogen and oxygen atoms in total. The van der Waals surface area contributed by atoms with Crippen molar-refractivity contribution in [3.8, 4) is 6.07 Å². The second kappa shape index (κ2) is 3.87. The lowest BCUT2D eigenvalue weighted by Gasteiger charge is -2.21. The van der Waals surface area contributed by atoms with Gasteiger partial charge < -0.3 is 0 Å². The monoisotopic (exact) mass is 177 g/mol. The van der Waals surface area contributed by atoms with Crippen molar-refractivity contribution in [2.45, 2.75) is 12.8 Å². The summed E-state index contributed by atoms with van der Waals surface area (Å²) in [7, 11) is 0. The number of carbonyl (C=O) groups excluding carboxylic acids is 1. The summed E-state index contributed by atoms with van der Waals surface area (Å²) < 4.78 is 0. The van der Waals surface area contributed by atoms with Gasteiger partial charge in [-0.2, -0.15) is 5.26 Å². The van der Waals surface area contributed by atoms with E-state index in [1.807, 2.05) is 17.6 Å². The molecular formula is C9H11N3O. The smallest absolute Gasteiger partial charge is 0.235 e. The number of hydrogen-bond donors (Lipinski definition) is 2. The maximum absolute atomic E-state index is 11.0. The molecule has 1 rings (SSSR count). The van der Waals surface area contributed by atoms with Gasteiger partial charge in [0.2, 0.25) is 5.91 Å². The molecule has 0 aromatic carbocycles. The Balaban J connectivity index is 2.73. The van der Waals surface area contributed by atoms with E-state index in [-0.39, 0.29) is 12.3 Å². The quantitative estimate of drug-likeness (QED) is 0.364. The van der Waals surface area contributed by atoms with Gasteiger partial charge in [-0.3, -0.25) is 10.2 Å². The summed E-state index contributed by atoms with van der Waals surface area (Å²) in [6.45, 7) is 0. The molecule has 0 radical (unpaired) electrons. The fraction of sp³-hybridized carbons (Fsp3) is 0.333. The summed E-state index contributed by atoms with van der Waals surface area (Å²) in [5, 5.41) is 8.93. The Morgan fingerprint density at radius 1 is 1.69 bits per heavy atom. The Bertz CT molecular complexity index is 300. The minimum absolute atomic E-state index is 0.112. The first kappa shape index (κ1) is 9.49. The van der Waals surface area contributed by atoms with Crippen LogP contribution in [0, 0.1) is 16.7 Å². The van der Waals surface area contributed by atoms with E-state index in [2.05, 4.69) is 6.07 Å². The molecular weight excluding hydrogens is 166 g/mol. The van der Waals surface area contributed by atoms with E-state index in [0.717, 1.165) is 0 Å². The fourth-order valence-corrected chi connectivity index (χ4v) is 1.26. The zero-order valence-corrected chi connectivity index (χ0v) is 7.16. The highest BCUT2D eigenvalue weighted by molar-refractivity contribution is 5.77. The lowest BCUT2D eigenvalue weighted by molar-refractivity contribution is -0.122. The molecule has 0 bridgehead atoms. The van der Waals surface area contributed by atoms with Gasteiger partial charge in [-0.05, 0) is 6.42 Å². The van der Waals surface area contributed by atoms with Gasteiger partial charge in [-0.25, -0.2) is 5.84 Å². The number of nitrogens with two attached hydrogens (primary N) is 1. The minimum atomic E-state index is -0.710. The highest BCUT2D eigenvalue weighted by Crippen LogP contribution is 2.30. The van der Waals surface area contributed by atoms with Crippen molar-refractivity contribution in [3.63, 3.8) is 0 Å². The Morgan fingerprint density at radius 3 is 2.92 bits per heavy atom. The van der Waals surface area contributed by atoms with E-state index in [0.29, 0.717) is 6.42 Å². The van der Waals surface area contributed by atoms with Gasteiger partial charge in [0, 0.05) is 0 Å². The number of nitrogens with zero attached hydrogens (tertiary/aromatic N) is 1. The topological polar surface area (TPSA) is 78.9 Å². The van der Waals surface area contributed by atoms with E-state index in [1.54, 1.807) is 12.2 Å². The molecule has 13 heavy (non-hydrogen) atoms. The summed E-state index contributed by atoms with van der Waals surface area (Å²) >= 11 is 0. The van der Waals surface area contributed by atoms with Crippen molar-refractivity contribution in [1.29, 1.82) is 5.26 Å². The minimum Gasteiger partial charge on any atom is -0.294 e. The molecule has 0 aromatic rings. The predicted octanol–water partition coefficient (Wildman–Crippen LogP) is 0.392. The van der Waals surface area contributed by atoms with Crippen molar-refractivity contribution in [2.75, 3.05) is 0 Å². The van der Waals surface area contributed by atoms with Crippen molar-refractivity contribution in [1.82, 2.24) is 5.43 Å². The van der Waals surface area contributed by atoms with Crippen LogP contribution in [0.3, 0.4) is 0 Å². The summed E-state index contributed by atoms with van der Waals surface area (Å²) in [5.74, 6) is 4.63. The lowest BCUT2D eigenvalue weighted by atomic mass is 9.80. The molecule has 0 saturated carbocycles. The first-order valence-electron chi connectivity index (χ1n) is 3.97. The van der Waals surface area contributed by atoms with Crippen LogP contribution in [0.1, 0.15) is 12.8 Å². The molecule has 1 amide bonds. The number of hydrazine groups is 1. The second-order valence-electron chi connectivity index (χ2n) is 3.00. The van der Waals surface area contributed by atoms with E-state index in [1.165, 1.54) is 0 Å². The molecule has 0 fully saturated rings. The van der Waals surface area contributed by atoms with Crippen LogP contribution >= 0.6 is 0 Å². The SMILES string of the molecule is N#CC1(CC(=O)NN)C=CC=CC1. The molecule has 0 spiro atoms. The first-order chi connectivity index (χ1) is 6.22. The zero-order valence-electron chi connectivity index (χ0n) is 7.16. The van der Waals surface area contributed by atoms with Crippen LogP contribution < -0.4 is 11.3 Å². The lowest BCUT2D eigenvalue weighted by Crippen LogP contribution is -2.34. The number of nitrogens with one attached hydrogen (secondary N) is 1. The van der Waals surface area contributed by atoms with E-state index < -0.39 is 5.41 Å². The highest BCUT2D eigenvalue weighted by Gasteiger charge is 2.29. The Hall–Kier alpha value is -1.60. The molecule has 1 aliphatic rings. The summed E-state index contributed by atoms with van der Waals surface area (Å²) in [4.78, 5) is 11.0. The van der Waals surface area contributed by atoms with Gasteiger partial charge in [-0.1, -0.05) is 24.3 Å². The number of rotatable bonds is 2. The highest BCUT2D eigenvalue weighted by atomic mass is 16.2. The van der Waals surface area contributed by atoms with E-state index >= 15 is 0 Å². The van der Waals surface area contributed by atoms with Crippen molar-refractivity contribution in [2.24, 2.45) is 11.3 Å². The van der Waals surface area contributed by atoms with Gasteiger partial charge in [0.15, 0.2) is 0 Å². The van der Waals surface area contributed by atoms with Crippen molar-refractivity contribution < 1.29 is 4.79 Å². The van der Waals surface area contributed by atoms with Crippen LogP contribution in [0.4, 0.5) is 0 Å². The third-order valence-electron chi connectivity index (χ3n) is 2.00. The molecule has 1 atom stereocenters. The number of carbonyl (C=O) groups is 1. The van der Waals surface area contributed by atoms with Crippen LogP contribution in [0.2, 0.25) is 0 Å². The van der Waals surface area contributed by atoms with Gasteiger partial charge in [0.05, 0.1) is 17.9 Å². The van der Waals surface area contributed by atoms with Crippen LogP contribution in [0.5, 0.6) is 0 Å². The Morgan fingerprint density at radius 2 is 2.46 bits per heavy atom. The molecule has 0 saturated heterocycles. The van der Waals surface area contributed by atoms with E-state index in [4.69, 9.17) is 11.1 Å². The van der Waals surface area contributed by atoms with E-state index in [9.17, 15) is 4.79 Å². The van der Waals surface area contributed by atoms with Gasteiger partial charge in [-0.15, -0.1) is 0 Å². The maximum atomic E-state index is 11.0. The third kappa shape index (κ3) is 2.17. The Labute approximate surface area is 76.7 Å². The van der Waals surface area contributed by atoms with Gasteiger partial charge in [0.1, 0.15) is 0 Å². The number of hydrogen-bond acceptors (Lipinski definition) is 3. The number of nitriles is 1. The van der Waals surface area contributed by atoms with Crippen LogP contribution in [0.25, 0.3) is 0 Å². The molecule has 1 unspecified atom stereocenters. The molecule has 68 valence electrons. The third-order valence-corrected chi connectivity index (χ3v) is 2.00.